The molecule has 0 aliphatic heterocycles. The van der Waals surface area contributed by atoms with Gasteiger partial charge in [-0.3, -0.25) is 0 Å². The molecule has 1 unspecified atom stereocenters. The Morgan fingerprint density at radius 2 is 1.32 bits per heavy atom. The molecule has 2 aromatic carbocycles. The van der Waals surface area contributed by atoms with Gasteiger partial charge in [-0.05, 0) is 47.7 Å². The molecule has 0 fully saturated rings. The molecular formula is C26H42ClN. The van der Waals surface area contributed by atoms with E-state index in [2.05, 4.69) is 51.1 Å². The van der Waals surface area contributed by atoms with Crippen LogP contribution in [0.15, 0.2) is 30.3 Å². The highest BCUT2D eigenvalue weighted by molar-refractivity contribution is 5.88. The molecule has 0 bridgehead atoms. The largest absolute Gasteiger partial charge is 0.324 e. The van der Waals surface area contributed by atoms with Crippen molar-refractivity contribution in [1.29, 1.82) is 0 Å². The number of benzene rings is 2. The summed E-state index contributed by atoms with van der Waals surface area (Å²) in [6, 6.07) is 11.2. The predicted octanol–water partition coefficient (Wildman–Crippen LogP) is 8.58. The summed E-state index contributed by atoms with van der Waals surface area (Å²) in [5, 5.41) is 2.67. The molecule has 1 atom stereocenters. The maximum Gasteiger partial charge on any atom is 0.0303 e. The summed E-state index contributed by atoms with van der Waals surface area (Å²) in [7, 11) is 0. The second-order valence-electron chi connectivity index (χ2n) is 8.38. The fraction of sp³-hybridized carbons (Fsp3) is 0.615. The number of halogens is 1. The Labute approximate surface area is 179 Å². The van der Waals surface area contributed by atoms with Crippen molar-refractivity contribution in [1.82, 2.24) is 0 Å². The van der Waals surface area contributed by atoms with Crippen molar-refractivity contribution in [3.05, 3.63) is 47.0 Å². The fourth-order valence-electron chi connectivity index (χ4n) is 4.27. The van der Waals surface area contributed by atoms with E-state index in [1.165, 1.54) is 98.1 Å². The Balaban J connectivity index is 0.00000392. The average Bonchev–Trinajstić information content (AvgIpc) is 2.67. The molecule has 0 aromatic heterocycles. The molecule has 1 nitrogen and oxygen atoms in total. The lowest BCUT2D eigenvalue weighted by Gasteiger charge is -2.19. The van der Waals surface area contributed by atoms with Crippen LogP contribution in [-0.4, -0.2) is 0 Å². The van der Waals surface area contributed by atoms with Crippen LogP contribution in [0.3, 0.4) is 0 Å². The molecule has 28 heavy (non-hydrogen) atoms. The van der Waals surface area contributed by atoms with Crippen LogP contribution < -0.4 is 5.73 Å². The SMILES string of the molecule is CCCCCCCCCCCCCC(N)c1c(C)c(C)cc2ccccc12.Cl. The van der Waals surface area contributed by atoms with Crippen LogP contribution >= 0.6 is 12.4 Å². The van der Waals surface area contributed by atoms with E-state index in [1.807, 2.05) is 0 Å². The normalized spacial score (nSPS) is 12.1. The molecule has 0 aliphatic carbocycles. The van der Waals surface area contributed by atoms with Crippen molar-refractivity contribution in [3.63, 3.8) is 0 Å². The Morgan fingerprint density at radius 3 is 1.93 bits per heavy atom. The van der Waals surface area contributed by atoms with Crippen LogP contribution in [-0.2, 0) is 0 Å². The van der Waals surface area contributed by atoms with Gasteiger partial charge >= 0.3 is 0 Å². The van der Waals surface area contributed by atoms with Gasteiger partial charge in [0, 0.05) is 6.04 Å². The highest BCUT2D eigenvalue weighted by Gasteiger charge is 2.14. The maximum absolute atomic E-state index is 6.65. The van der Waals surface area contributed by atoms with Gasteiger partial charge in [-0.2, -0.15) is 0 Å². The summed E-state index contributed by atoms with van der Waals surface area (Å²) in [6.45, 7) is 6.73. The number of unbranched alkanes of at least 4 members (excludes halogenated alkanes) is 10. The number of fused-ring (bicyclic) bond motifs is 1. The van der Waals surface area contributed by atoms with E-state index >= 15 is 0 Å². The molecule has 158 valence electrons. The van der Waals surface area contributed by atoms with E-state index in [0.717, 1.165) is 6.42 Å². The fourth-order valence-corrected chi connectivity index (χ4v) is 4.27. The molecule has 0 spiro atoms. The first-order valence-corrected chi connectivity index (χ1v) is 11.4. The first-order chi connectivity index (χ1) is 13.1. The summed E-state index contributed by atoms with van der Waals surface area (Å²) >= 11 is 0. The first kappa shape index (κ1) is 25.0. The van der Waals surface area contributed by atoms with Crippen LogP contribution in [0.2, 0.25) is 0 Å². The number of hydrogen-bond donors (Lipinski definition) is 1. The standard InChI is InChI=1S/C26H41N.ClH/c1-4-5-6-7-8-9-10-11-12-13-14-19-25(27)26-22(3)21(2)20-23-17-15-16-18-24(23)26;/h15-18,20,25H,4-14,19,27H2,1-3H3;1H. The molecule has 2 rings (SSSR count). The Kier molecular flexibility index (Phi) is 12.5. The summed E-state index contributed by atoms with van der Waals surface area (Å²) in [4.78, 5) is 0. The van der Waals surface area contributed by atoms with E-state index in [0.29, 0.717) is 0 Å². The molecule has 2 N–H and O–H groups in total. The molecule has 0 amide bonds. The minimum atomic E-state index is 0. The van der Waals surface area contributed by atoms with E-state index < -0.39 is 0 Å². The van der Waals surface area contributed by atoms with Gasteiger partial charge in [-0.25, -0.2) is 0 Å². The van der Waals surface area contributed by atoms with Crippen molar-refractivity contribution in [2.45, 2.75) is 104 Å². The monoisotopic (exact) mass is 403 g/mol. The number of aryl methyl sites for hydroxylation is 1. The topological polar surface area (TPSA) is 26.0 Å². The third-order valence-corrected chi connectivity index (χ3v) is 6.11. The van der Waals surface area contributed by atoms with Gasteiger partial charge in [0.25, 0.3) is 0 Å². The smallest absolute Gasteiger partial charge is 0.0303 e. The van der Waals surface area contributed by atoms with Crippen molar-refractivity contribution in [2.24, 2.45) is 5.73 Å². The zero-order chi connectivity index (χ0) is 19.5. The second kappa shape index (κ2) is 14.0. The summed E-state index contributed by atoms with van der Waals surface area (Å²) < 4.78 is 0. The molecule has 0 aliphatic rings. The molecular weight excluding hydrogens is 362 g/mol. The van der Waals surface area contributed by atoms with E-state index in [4.69, 9.17) is 5.73 Å². The van der Waals surface area contributed by atoms with Gasteiger partial charge in [0.05, 0.1) is 0 Å². The van der Waals surface area contributed by atoms with Crippen LogP contribution in [0.5, 0.6) is 0 Å². The Hall–Kier alpha value is -1.05. The van der Waals surface area contributed by atoms with Gasteiger partial charge in [0.1, 0.15) is 0 Å². The van der Waals surface area contributed by atoms with Crippen LogP contribution in [0.25, 0.3) is 10.8 Å². The van der Waals surface area contributed by atoms with E-state index in [1.54, 1.807) is 0 Å². The van der Waals surface area contributed by atoms with Crippen molar-refractivity contribution >= 4 is 23.2 Å². The molecule has 0 saturated carbocycles. The zero-order valence-corrected chi connectivity index (χ0v) is 19.3. The number of nitrogens with two attached hydrogens (primary N) is 1. The number of rotatable bonds is 13. The third-order valence-electron chi connectivity index (χ3n) is 6.11. The highest BCUT2D eigenvalue weighted by atomic mass is 35.5. The summed E-state index contributed by atoms with van der Waals surface area (Å²) in [5.74, 6) is 0. The lowest BCUT2D eigenvalue weighted by atomic mass is 9.89. The molecule has 0 radical (unpaired) electrons. The van der Waals surface area contributed by atoms with Gasteiger partial charge in [-0.15, -0.1) is 12.4 Å². The minimum Gasteiger partial charge on any atom is -0.324 e. The third kappa shape index (κ3) is 7.76. The van der Waals surface area contributed by atoms with Crippen molar-refractivity contribution in [2.75, 3.05) is 0 Å². The van der Waals surface area contributed by atoms with Gasteiger partial charge in [0.2, 0.25) is 0 Å². The average molecular weight is 404 g/mol. The molecule has 2 heteroatoms. The first-order valence-electron chi connectivity index (χ1n) is 11.4. The minimum absolute atomic E-state index is 0. The summed E-state index contributed by atoms with van der Waals surface area (Å²) in [6.07, 6.45) is 16.4. The Bertz CT molecular complexity index is 679. The van der Waals surface area contributed by atoms with Gasteiger partial charge < -0.3 is 5.73 Å². The van der Waals surface area contributed by atoms with E-state index in [-0.39, 0.29) is 18.4 Å². The Morgan fingerprint density at radius 1 is 0.786 bits per heavy atom. The number of hydrogen-bond acceptors (Lipinski definition) is 1. The van der Waals surface area contributed by atoms with Gasteiger partial charge in [0.15, 0.2) is 0 Å². The molecule has 0 saturated heterocycles. The highest BCUT2D eigenvalue weighted by Crippen LogP contribution is 2.31. The second-order valence-corrected chi connectivity index (χ2v) is 8.38. The summed E-state index contributed by atoms with van der Waals surface area (Å²) in [5.41, 5.74) is 10.8. The van der Waals surface area contributed by atoms with Crippen LogP contribution in [0, 0.1) is 13.8 Å². The van der Waals surface area contributed by atoms with Crippen LogP contribution in [0.4, 0.5) is 0 Å². The van der Waals surface area contributed by atoms with Crippen LogP contribution in [0.1, 0.15) is 107 Å². The van der Waals surface area contributed by atoms with Crippen molar-refractivity contribution < 1.29 is 0 Å². The molecule has 2 aromatic rings. The van der Waals surface area contributed by atoms with Crippen molar-refractivity contribution in [3.8, 4) is 0 Å². The zero-order valence-electron chi connectivity index (χ0n) is 18.4. The lowest BCUT2D eigenvalue weighted by molar-refractivity contribution is 0.526. The maximum atomic E-state index is 6.65. The van der Waals surface area contributed by atoms with E-state index in [9.17, 15) is 0 Å². The molecule has 0 heterocycles. The predicted molar refractivity (Wildman–Crippen MR) is 129 cm³/mol. The van der Waals surface area contributed by atoms with Gasteiger partial charge in [-0.1, -0.05) is 108 Å². The lowest BCUT2D eigenvalue weighted by Crippen LogP contribution is -2.13. The quantitative estimate of drug-likeness (QED) is 0.333.